The summed E-state index contributed by atoms with van der Waals surface area (Å²) in [6.07, 6.45) is 11.2. The lowest BCUT2D eigenvalue weighted by Crippen LogP contribution is -2.44. The number of hydroxylamine groups is 1. The molecule has 1 aliphatic heterocycles. The Kier molecular flexibility index (Phi) is 16.5. The van der Waals surface area contributed by atoms with Gasteiger partial charge in [-0.3, -0.25) is 9.48 Å². The summed E-state index contributed by atoms with van der Waals surface area (Å²) in [4.78, 5) is 26.0. The lowest BCUT2D eigenvalue weighted by molar-refractivity contribution is 0.194. The Labute approximate surface area is 238 Å². The van der Waals surface area contributed by atoms with Crippen molar-refractivity contribution in [3.63, 3.8) is 0 Å². The van der Waals surface area contributed by atoms with Gasteiger partial charge in [-0.25, -0.2) is 15.1 Å². The van der Waals surface area contributed by atoms with Crippen molar-refractivity contribution in [1.82, 2.24) is 29.7 Å². The molecule has 11 heteroatoms. The zero-order chi connectivity index (χ0) is 29.9. The van der Waals surface area contributed by atoms with E-state index >= 15 is 0 Å². The average molecular weight is 554 g/mol. The van der Waals surface area contributed by atoms with Gasteiger partial charge in [0.1, 0.15) is 5.39 Å². The monoisotopic (exact) mass is 553 g/mol. The number of rotatable bonds is 7. The highest BCUT2D eigenvalue weighted by Crippen LogP contribution is 2.21. The van der Waals surface area contributed by atoms with E-state index in [9.17, 15) is 4.79 Å². The first-order valence-electron chi connectivity index (χ1n) is 13.6. The number of nitrogens with one attached hydrogen (secondary N) is 3. The van der Waals surface area contributed by atoms with Gasteiger partial charge in [-0.2, -0.15) is 4.98 Å². The molecule has 4 rings (SSSR count). The largest absolute Gasteiger partial charge is 0.369 e. The Hall–Kier alpha value is -3.80. The highest BCUT2D eigenvalue weighted by Gasteiger charge is 2.15. The molecule has 0 radical (unpaired) electrons. The third kappa shape index (κ3) is 10.8. The molecular formula is C29H47N9O2. The Morgan fingerprint density at radius 3 is 2.12 bits per heavy atom. The van der Waals surface area contributed by atoms with Gasteiger partial charge in [0.25, 0.3) is 5.56 Å². The molecule has 0 atom stereocenters. The van der Waals surface area contributed by atoms with Crippen LogP contribution in [0.4, 0.5) is 17.3 Å². The van der Waals surface area contributed by atoms with E-state index in [1.54, 1.807) is 34.0 Å². The first kappa shape index (κ1) is 34.2. The molecule has 1 aromatic carbocycles. The van der Waals surface area contributed by atoms with E-state index in [-0.39, 0.29) is 5.56 Å². The number of allylic oxidation sites excluding steroid dienone is 3. The van der Waals surface area contributed by atoms with Crippen LogP contribution in [0.25, 0.3) is 11.0 Å². The molecule has 2 aromatic heterocycles. The fourth-order valence-corrected chi connectivity index (χ4v) is 3.83. The maximum atomic E-state index is 12.4. The zero-order valence-electron chi connectivity index (χ0n) is 24.9. The van der Waals surface area contributed by atoms with Gasteiger partial charge in [-0.05, 0) is 57.3 Å². The van der Waals surface area contributed by atoms with Crippen molar-refractivity contribution >= 4 is 34.6 Å². The predicted octanol–water partition coefficient (Wildman–Crippen LogP) is 4.42. The zero-order valence-corrected chi connectivity index (χ0v) is 24.9. The van der Waals surface area contributed by atoms with Crippen LogP contribution in [0.1, 0.15) is 33.6 Å². The number of likely N-dealkylation sites (N-methyl/N-ethyl adjacent to an activating group) is 1. The molecule has 0 unspecified atom stereocenters. The van der Waals surface area contributed by atoms with Gasteiger partial charge in [-0.15, -0.1) is 6.58 Å². The number of hydrogen-bond donors (Lipinski definition) is 4. The molecule has 4 N–H and O–H groups in total. The molecule has 0 aliphatic carbocycles. The standard InChI is InChI=1S/C20H25N7O.C6H12.C2H5N.CH5NO/c1-4-9-27-19(28)17-14-21-20(23-18(17)25(27)3)22-15-5-7-16(8-6-15)26-12-10-24(2)11-13-26;1-3-5-6-4-2;2*1-2-3/h4-8,14H,1,9-13H2,2-3H3,(H,21,22,23);5-6H,3-4H2,1-2H3;2*2-3H,1H3/b;6-5+;;. The number of hydrogen-bond acceptors (Lipinski definition) is 9. The SMILES string of the molecule is C=CCn1c(=O)c2cnc(Nc3ccc(N4CCN(C)CC4)cc3)nc2n1C.CC/C=C/CC.CC=N.CNO. The molecule has 0 spiro atoms. The number of fused-ring (bicyclic) bond motifs is 1. The first-order valence-corrected chi connectivity index (χ1v) is 13.6. The molecule has 1 aliphatic rings. The Bertz CT molecular complexity index is 1220. The fourth-order valence-electron chi connectivity index (χ4n) is 3.83. The van der Waals surface area contributed by atoms with Gasteiger partial charge in [0.2, 0.25) is 5.95 Å². The summed E-state index contributed by atoms with van der Waals surface area (Å²) in [5.74, 6) is 0.464. The van der Waals surface area contributed by atoms with Crippen LogP contribution in [0.3, 0.4) is 0 Å². The molecule has 11 nitrogen and oxygen atoms in total. The van der Waals surface area contributed by atoms with E-state index in [2.05, 4.69) is 76.8 Å². The molecule has 0 bridgehead atoms. The Morgan fingerprint density at radius 2 is 1.62 bits per heavy atom. The van der Waals surface area contributed by atoms with Crippen LogP contribution in [-0.4, -0.2) is 75.9 Å². The van der Waals surface area contributed by atoms with E-state index in [4.69, 9.17) is 10.6 Å². The lowest BCUT2D eigenvalue weighted by atomic mass is 10.2. The summed E-state index contributed by atoms with van der Waals surface area (Å²) < 4.78 is 3.32. The van der Waals surface area contributed by atoms with Crippen molar-refractivity contribution < 1.29 is 5.21 Å². The van der Waals surface area contributed by atoms with Gasteiger partial charge in [0.15, 0.2) is 5.65 Å². The minimum atomic E-state index is -0.111. The lowest BCUT2D eigenvalue weighted by Gasteiger charge is -2.34. The minimum absolute atomic E-state index is 0.111. The van der Waals surface area contributed by atoms with Crippen LogP contribution in [0.15, 0.2) is 60.1 Å². The molecular weight excluding hydrogens is 506 g/mol. The minimum Gasteiger partial charge on any atom is -0.369 e. The molecule has 1 saturated heterocycles. The summed E-state index contributed by atoms with van der Waals surface area (Å²) in [6, 6.07) is 8.29. The summed E-state index contributed by atoms with van der Waals surface area (Å²) in [6.45, 7) is 14.3. The molecule has 220 valence electrons. The number of piperazine rings is 1. The third-order valence-electron chi connectivity index (χ3n) is 5.83. The quantitative estimate of drug-likeness (QED) is 0.192. The number of benzene rings is 1. The van der Waals surface area contributed by atoms with Crippen LogP contribution in [0, 0.1) is 5.41 Å². The summed E-state index contributed by atoms with van der Waals surface area (Å²) in [5, 5.41) is 17.1. The number of aromatic nitrogens is 4. The second kappa shape index (κ2) is 19.3. The van der Waals surface area contributed by atoms with Crippen LogP contribution in [-0.2, 0) is 13.6 Å². The Morgan fingerprint density at radius 1 is 1.07 bits per heavy atom. The maximum Gasteiger partial charge on any atom is 0.278 e. The van der Waals surface area contributed by atoms with Crippen molar-refractivity contribution in [1.29, 1.82) is 5.41 Å². The fraction of sp³-hybridized carbons (Fsp3) is 0.448. The van der Waals surface area contributed by atoms with Crippen molar-refractivity contribution in [3.05, 3.63) is 65.6 Å². The Balaban J connectivity index is 0.000000568. The summed E-state index contributed by atoms with van der Waals surface area (Å²) in [7, 11) is 5.40. The van der Waals surface area contributed by atoms with Gasteiger partial charge in [0.05, 0.1) is 6.54 Å². The molecule has 3 aromatic rings. The molecule has 3 heterocycles. The van der Waals surface area contributed by atoms with E-state index in [0.717, 1.165) is 31.9 Å². The van der Waals surface area contributed by atoms with Crippen molar-refractivity contribution in [3.8, 4) is 0 Å². The summed E-state index contributed by atoms with van der Waals surface area (Å²) in [5.41, 5.74) is 4.37. The molecule has 40 heavy (non-hydrogen) atoms. The number of nitrogens with zero attached hydrogens (tertiary/aromatic N) is 6. The number of anilines is 3. The van der Waals surface area contributed by atoms with Crippen LogP contribution >= 0.6 is 0 Å². The highest BCUT2D eigenvalue weighted by molar-refractivity contribution is 5.75. The molecule has 0 saturated carbocycles. The van der Waals surface area contributed by atoms with Crippen molar-refractivity contribution in [2.45, 2.75) is 40.2 Å². The van der Waals surface area contributed by atoms with E-state index in [0.29, 0.717) is 23.5 Å². The van der Waals surface area contributed by atoms with Crippen molar-refractivity contribution in [2.75, 3.05) is 50.5 Å². The smallest absolute Gasteiger partial charge is 0.278 e. The van der Waals surface area contributed by atoms with E-state index in [1.165, 1.54) is 31.8 Å². The van der Waals surface area contributed by atoms with Crippen LogP contribution < -0.4 is 21.3 Å². The second-order valence-corrected chi connectivity index (χ2v) is 8.89. The van der Waals surface area contributed by atoms with E-state index < -0.39 is 0 Å². The first-order chi connectivity index (χ1) is 19.3. The normalized spacial score (nSPS) is 12.9. The topological polar surface area (TPSA) is 127 Å². The average Bonchev–Trinajstić information content (AvgIpc) is 3.18. The summed E-state index contributed by atoms with van der Waals surface area (Å²) >= 11 is 0. The molecule has 1 fully saturated rings. The third-order valence-corrected chi connectivity index (χ3v) is 5.83. The maximum absolute atomic E-state index is 12.4. The van der Waals surface area contributed by atoms with E-state index in [1.807, 2.05) is 19.2 Å². The molecule has 0 amide bonds. The van der Waals surface area contributed by atoms with Gasteiger partial charge in [-0.1, -0.05) is 32.1 Å². The number of aryl methyl sites for hydroxylation is 1. The highest BCUT2D eigenvalue weighted by atomic mass is 16.5. The predicted molar refractivity (Wildman–Crippen MR) is 167 cm³/mol. The van der Waals surface area contributed by atoms with Gasteiger partial charge < -0.3 is 25.7 Å². The van der Waals surface area contributed by atoms with Crippen LogP contribution in [0.5, 0.6) is 0 Å². The van der Waals surface area contributed by atoms with Crippen LogP contribution in [0.2, 0.25) is 0 Å². The van der Waals surface area contributed by atoms with Gasteiger partial charge >= 0.3 is 0 Å². The second-order valence-electron chi connectivity index (χ2n) is 8.89. The van der Waals surface area contributed by atoms with Crippen molar-refractivity contribution in [2.24, 2.45) is 7.05 Å². The van der Waals surface area contributed by atoms with Gasteiger partial charge in [0, 0.05) is 57.8 Å².